The molecule has 0 radical (unpaired) electrons. The molecule has 0 atom stereocenters. The van der Waals surface area contributed by atoms with E-state index in [1.807, 2.05) is 30.1 Å². The van der Waals surface area contributed by atoms with Crippen molar-refractivity contribution in [3.05, 3.63) is 30.6 Å². The van der Waals surface area contributed by atoms with Gasteiger partial charge in [0.15, 0.2) is 0 Å². The van der Waals surface area contributed by atoms with Crippen LogP contribution in [0.3, 0.4) is 0 Å². The number of benzene rings is 1. The molecule has 1 heterocycles. The molecule has 90 valence electrons. The topological polar surface area (TPSA) is 42.1 Å². The Balaban J connectivity index is 2.44. The third-order valence-electron chi connectivity index (χ3n) is 2.87. The van der Waals surface area contributed by atoms with Gasteiger partial charge in [-0.3, -0.25) is 4.98 Å². The number of hydrogen-bond donors (Lipinski definition) is 1. The molecule has 2 rings (SSSR count). The molecule has 0 saturated carbocycles. The molecule has 0 fully saturated rings. The van der Waals surface area contributed by atoms with Crippen LogP contribution in [0.4, 0.5) is 11.4 Å². The molecule has 1 aromatic heterocycles. The molecular weight excluding hydrogens is 230 g/mol. The van der Waals surface area contributed by atoms with Crippen molar-refractivity contribution in [3.8, 4) is 0 Å². The highest BCUT2D eigenvalue weighted by molar-refractivity contribution is 7.98. The van der Waals surface area contributed by atoms with Crippen molar-refractivity contribution in [2.24, 2.45) is 0 Å². The van der Waals surface area contributed by atoms with Gasteiger partial charge in [-0.1, -0.05) is 0 Å². The molecule has 2 aromatic rings. The zero-order valence-electron chi connectivity index (χ0n) is 10.2. The molecule has 3 nitrogen and oxygen atoms in total. The van der Waals surface area contributed by atoms with Crippen LogP contribution in [0.1, 0.15) is 0 Å². The van der Waals surface area contributed by atoms with E-state index < -0.39 is 0 Å². The number of hydrogen-bond acceptors (Lipinski definition) is 4. The van der Waals surface area contributed by atoms with Crippen molar-refractivity contribution in [1.29, 1.82) is 0 Å². The van der Waals surface area contributed by atoms with Crippen molar-refractivity contribution in [3.63, 3.8) is 0 Å². The van der Waals surface area contributed by atoms with Gasteiger partial charge in [-0.15, -0.1) is 0 Å². The number of aromatic nitrogens is 1. The lowest BCUT2D eigenvalue weighted by Gasteiger charge is -2.21. The summed E-state index contributed by atoms with van der Waals surface area (Å²) in [5, 5.41) is 2.20. The second-order valence-corrected chi connectivity index (χ2v) is 5.00. The molecule has 0 aliphatic rings. The Bertz CT molecular complexity index is 513. The minimum atomic E-state index is 0.810. The highest BCUT2D eigenvalue weighted by Crippen LogP contribution is 2.29. The van der Waals surface area contributed by atoms with Crippen LogP contribution in [0.15, 0.2) is 30.6 Å². The molecule has 0 bridgehead atoms. The second kappa shape index (κ2) is 5.27. The van der Waals surface area contributed by atoms with Crippen LogP contribution in [-0.4, -0.2) is 30.6 Å². The first kappa shape index (κ1) is 12.0. The summed E-state index contributed by atoms with van der Waals surface area (Å²) in [5.74, 6) is 1.11. The normalized spacial score (nSPS) is 10.7. The first-order valence-corrected chi connectivity index (χ1v) is 6.95. The molecular formula is C13H17N3S. The van der Waals surface area contributed by atoms with Gasteiger partial charge in [0.2, 0.25) is 0 Å². The van der Waals surface area contributed by atoms with Gasteiger partial charge in [-0.05, 0) is 24.5 Å². The minimum absolute atomic E-state index is 0.810. The summed E-state index contributed by atoms with van der Waals surface area (Å²) < 4.78 is 0. The molecule has 0 amide bonds. The number of nitrogens with zero attached hydrogens (tertiary/aromatic N) is 2. The van der Waals surface area contributed by atoms with Gasteiger partial charge < -0.3 is 10.6 Å². The third kappa shape index (κ3) is 2.47. The number of anilines is 2. The van der Waals surface area contributed by atoms with Crippen molar-refractivity contribution in [2.75, 3.05) is 36.2 Å². The first-order valence-electron chi connectivity index (χ1n) is 5.56. The number of rotatable bonds is 4. The van der Waals surface area contributed by atoms with E-state index in [4.69, 9.17) is 5.73 Å². The molecule has 0 unspecified atom stereocenters. The van der Waals surface area contributed by atoms with Crippen LogP contribution in [0.2, 0.25) is 0 Å². The number of nitrogens with two attached hydrogens (primary N) is 1. The predicted octanol–water partition coefficient (Wildman–Crippen LogP) is 2.62. The van der Waals surface area contributed by atoms with Gasteiger partial charge in [-0.25, -0.2) is 0 Å². The Morgan fingerprint density at radius 2 is 2.12 bits per heavy atom. The Labute approximate surface area is 106 Å². The van der Waals surface area contributed by atoms with E-state index in [1.54, 1.807) is 6.20 Å². The Morgan fingerprint density at radius 3 is 2.88 bits per heavy atom. The number of thioether (sulfide) groups is 1. The fourth-order valence-electron chi connectivity index (χ4n) is 1.88. The molecule has 1 aromatic carbocycles. The van der Waals surface area contributed by atoms with E-state index in [-0.39, 0.29) is 0 Å². The maximum Gasteiger partial charge on any atom is 0.0460 e. The maximum atomic E-state index is 5.97. The summed E-state index contributed by atoms with van der Waals surface area (Å²) in [6.45, 7) is 1.02. The highest BCUT2D eigenvalue weighted by Gasteiger charge is 2.07. The summed E-state index contributed by atoms with van der Waals surface area (Å²) in [7, 11) is 2.11. The van der Waals surface area contributed by atoms with E-state index in [1.165, 1.54) is 5.69 Å². The van der Waals surface area contributed by atoms with E-state index in [2.05, 4.69) is 29.3 Å². The quantitative estimate of drug-likeness (QED) is 0.843. The standard InChI is InChI=1S/C13H17N3S/c1-16(7-8-17-2)13-4-3-12(14)10-5-6-15-9-11(10)13/h3-6,9H,7-8,14H2,1-2H3. The monoisotopic (exact) mass is 247 g/mol. The average molecular weight is 247 g/mol. The lowest BCUT2D eigenvalue weighted by molar-refractivity contribution is 0.984. The zero-order valence-corrected chi connectivity index (χ0v) is 11.0. The van der Waals surface area contributed by atoms with Crippen molar-refractivity contribution >= 4 is 33.9 Å². The first-order chi connectivity index (χ1) is 8.24. The van der Waals surface area contributed by atoms with Crippen molar-refractivity contribution in [1.82, 2.24) is 4.98 Å². The lowest BCUT2D eigenvalue weighted by Crippen LogP contribution is -2.20. The Morgan fingerprint density at radius 1 is 1.29 bits per heavy atom. The van der Waals surface area contributed by atoms with Gasteiger partial charge in [-0.2, -0.15) is 11.8 Å². The predicted molar refractivity (Wildman–Crippen MR) is 77.8 cm³/mol. The van der Waals surface area contributed by atoms with Gasteiger partial charge in [0.25, 0.3) is 0 Å². The number of fused-ring (bicyclic) bond motifs is 1. The smallest absolute Gasteiger partial charge is 0.0460 e. The Kier molecular flexibility index (Phi) is 3.74. The summed E-state index contributed by atoms with van der Waals surface area (Å²) in [6.07, 6.45) is 5.79. The summed E-state index contributed by atoms with van der Waals surface area (Å²) >= 11 is 1.85. The zero-order chi connectivity index (χ0) is 12.3. The molecule has 0 saturated heterocycles. The SMILES string of the molecule is CSCCN(C)c1ccc(N)c2ccncc12. The van der Waals surface area contributed by atoms with Crippen LogP contribution in [0.5, 0.6) is 0 Å². The van der Waals surface area contributed by atoms with Gasteiger partial charge >= 0.3 is 0 Å². The minimum Gasteiger partial charge on any atom is -0.398 e. The van der Waals surface area contributed by atoms with Crippen LogP contribution < -0.4 is 10.6 Å². The molecule has 0 aliphatic heterocycles. The average Bonchev–Trinajstić information content (AvgIpc) is 2.37. The van der Waals surface area contributed by atoms with E-state index in [0.29, 0.717) is 0 Å². The number of nitrogen functional groups attached to an aromatic ring is 1. The number of pyridine rings is 1. The van der Waals surface area contributed by atoms with E-state index >= 15 is 0 Å². The maximum absolute atomic E-state index is 5.97. The third-order valence-corrected chi connectivity index (χ3v) is 3.46. The van der Waals surface area contributed by atoms with Crippen molar-refractivity contribution < 1.29 is 0 Å². The summed E-state index contributed by atoms with van der Waals surface area (Å²) in [6, 6.07) is 6.00. The van der Waals surface area contributed by atoms with Gasteiger partial charge in [0, 0.05) is 53.9 Å². The summed E-state index contributed by atoms with van der Waals surface area (Å²) in [5.41, 5.74) is 7.98. The molecule has 2 N–H and O–H groups in total. The highest BCUT2D eigenvalue weighted by atomic mass is 32.2. The molecule has 0 spiro atoms. The van der Waals surface area contributed by atoms with E-state index in [9.17, 15) is 0 Å². The van der Waals surface area contributed by atoms with Crippen LogP contribution in [-0.2, 0) is 0 Å². The fourth-order valence-corrected chi connectivity index (χ4v) is 2.34. The van der Waals surface area contributed by atoms with Gasteiger partial charge in [0.05, 0.1) is 0 Å². The summed E-state index contributed by atoms with van der Waals surface area (Å²) in [4.78, 5) is 6.44. The molecule has 0 aliphatic carbocycles. The largest absolute Gasteiger partial charge is 0.398 e. The Hall–Kier alpha value is -1.42. The van der Waals surface area contributed by atoms with Gasteiger partial charge in [0.1, 0.15) is 0 Å². The molecule has 17 heavy (non-hydrogen) atoms. The fraction of sp³-hybridized carbons (Fsp3) is 0.308. The van der Waals surface area contributed by atoms with Crippen LogP contribution in [0.25, 0.3) is 10.8 Å². The van der Waals surface area contributed by atoms with Crippen LogP contribution in [0, 0.1) is 0 Å². The molecule has 4 heteroatoms. The van der Waals surface area contributed by atoms with E-state index in [0.717, 1.165) is 28.8 Å². The van der Waals surface area contributed by atoms with Crippen molar-refractivity contribution in [2.45, 2.75) is 0 Å². The van der Waals surface area contributed by atoms with Crippen LogP contribution >= 0.6 is 11.8 Å². The second-order valence-electron chi connectivity index (χ2n) is 4.01. The lowest BCUT2D eigenvalue weighted by atomic mass is 10.1.